The first-order valence-corrected chi connectivity index (χ1v) is 9.93. The Hall–Kier alpha value is -2.34. The van der Waals surface area contributed by atoms with Gasteiger partial charge < -0.3 is 24.3 Å². The van der Waals surface area contributed by atoms with Crippen LogP contribution in [0.4, 0.5) is 17.1 Å². The molecule has 1 unspecified atom stereocenters. The van der Waals surface area contributed by atoms with E-state index in [4.69, 9.17) is 18.9 Å². The zero-order valence-corrected chi connectivity index (χ0v) is 17.5. The summed E-state index contributed by atoms with van der Waals surface area (Å²) in [6.45, 7) is 8.50. The third-order valence-corrected chi connectivity index (χ3v) is 4.17. The normalized spacial score (nSPS) is 11.9. The van der Waals surface area contributed by atoms with E-state index in [1.54, 1.807) is 0 Å². The maximum atomic E-state index is 11.0. The van der Waals surface area contributed by atoms with Gasteiger partial charge in [-0.15, -0.1) is 0 Å². The lowest BCUT2D eigenvalue weighted by Gasteiger charge is -2.10. The summed E-state index contributed by atoms with van der Waals surface area (Å²) < 4.78 is 21.6. The van der Waals surface area contributed by atoms with Crippen molar-refractivity contribution < 1.29 is 28.8 Å². The number of nitro benzene ring substituents is 2. The molecule has 0 radical (unpaired) electrons. The molecular formula is C19H31N3O8. The van der Waals surface area contributed by atoms with E-state index in [1.165, 1.54) is 12.1 Å². The molecule has 0 aliphatic rings. The molecular weight excluding hydrogens is 398 g/mol. The first-order valence-electron chi connectivity index (χ1n) is 9.93. The fourth-order valence-corrected chi connectivity index (χ4v) is 2.25. The third kappa shape index (κ3) is 11.0. The van der Waals surface area contributed by atoms with Crippen LogP contribution in [-0.2, 0) is 18.9 Å². The predicted octanol–water partition coefficient (Wildman–Crippen LogP) is 3.03. The highest BCUT2D eigenvalue weighted by molar-refractivity contribution is 5.65. The molecule has 0 amide bonds. The van der Waals surface area contributed by atoms with Gasteiger partial charge in [-0.3, -0.25) is 20.2 Å². The van der Waals surface area contributed by atoms with Crippen LogP contribution in [0.1, 0.15) is 20.3 Å². The summed E-state index contributed by atoms with van der Waals surface area (Å²) in [4.78, 5) is 20.4. The van der Waals surface area contributed by atoms with E-state index in [9.17, 15) is 20.2 Å². The molecule has 0 saturated heterocycles. The molecule has 0 heterocycles. The minimum atomic E-state index is -0.674. The lowest BCUT2D eigenvalue weighted by atomic mass is 10.1. The number of nitro groups is 2. The molecule has 0 aliphatic carbocycles. The van der Waals surface area contributed by atoms with Crippen LogP contribution in [0.2, 0.25) is 0 Å². The number of nitrogens with zero attached hydrogens (tertiary/aromatic N) is 2. The second-order valence-electron chi connectivity index (χ2n) is 6.57. The quantitative estimate of drug-likeness (QED) is 0.212. The lowest BCUT2D eigenvalue weighted by Crippen LogP contribution is -2.15. The van der Waals surface area contributed by atoms with Gasteiger partial charge in [-0.1, -0.05) is 20.3 Å². The van der Waals surface area contributed by atoms with Gasteiger partial charge in [0.1, 0.15) is 5.69 Å². The highest BCUT2D eigenvalue weighted by Gasteiger charge is 2.18. The summed E-state index contributed by atoms with van der Waals surface area (Å²) >= 11 is 0. The second kappa shape index (κ2) is 15.5. The van der Waals surface area contributed by atoms with Crippen molar-refractivity contribution in [3.63, 3.8) is 0 Å². The Kier molecular flexibility index (Phi) is 13.3. The topological polar surface area (TPSA) is 135 Å². The van der Waals surface area contributed by atoms with Crippen molar-refractivity contribution in [3.05, 3.63) is 38.4 Å². The maximum absolute atomic E-state index is 11.0. The van der Waals surface area contributed by atoms with Crippen molar-refractivity contribution in [2.75, 3.05) is 64.7 Å². The molecule has 1 rings (SSSR count). The van der Waals surface area contributed by atoms with E-state index in [-0.39, 0.29) is 17.1 Å². The van der Waals surface area contributed by atoms with E-state index in [0.717, 1.165) is 19.1 Å². The number of rotatable bonds is 18. The number of hydrogen-bond donors (Lipinski definition) is 1. The summed E-state index contributed by atoms with van der Waals surface area (Å²) in [5.41, 5.74) is -0.475. The van der Waals surface area contributed by atoms with Crippen LogP contribution in [0.5, 0.6) is 0 Å². The van der Waals surface area contributed by atoms with Crippen LogP contribution in [0.3, 0.4) is 0 Å². The smallest absolute Gasteiger partial charge is 0.299 e. The van der Waals surface area contributed by atoms with Gasteiger partial charge >= 0.3 is 0 Å². The van der Waals surface area contributed by atoms with Crippen LogP contribution in [0.15, 0.2) is 18.2 Å². The van der Waals surface area contributed by atoms with Crippen LogP contribution >= 0.6 is 0 Å². The maximum Gasteiger partial charge on any atom is 0.299 e. The molecule has 11 heteroatoms. The Bertz CT molecular complexity index is 644. The van der Waals surface area contributed by atoms with Crippen LogP contribution in [0.25, 0.3) is 0 Å². The molecule has 170 valence electrons. The molecule has 0 spiro atoms. The first-order chi connectivity index (χ1) is 14.5. The molecule has 1 aromatic rings. The van der Waals surface area contributed by atoms with E-state index < -0.39 is 9.85 Å². The van der Waals surface area contributed by atoms with E-state index in [2.05, 4.69) is 19.2 Å². The highest BCUT2D eigenvalue weighted by atomic mass is 16.6. The van der Waals surface area contributed by atoms with Gasteiger partial charge in [0.15, 0.2) is 0 Å². The van der Waals surface area contributed by atoms with Crippen LogP contribution in [0, 0.1) is 26.1 Å². The van der Waals surface area contributed by atoms with Gasteiger partial charge in [0.25, 0.3) is 11.4 Å². The number of ether oxygens (including phenoxy) is 4. The molecule has 0 aromatic heterocycles. The molecule has 0 aliphatic heterocycles. The summed E-state index contributed by atoms with van der Waals surface area (Å²) in [5.74, 6) is 0.563. The molecule has 11 nitrogen and oxygen atoms in total. The summed E-state index contributed by atoms with van der Waals surface area (Å²) in [6, 6.07) is 3.45. The SMILES string of the molecule is CCC(C)COCCOCCOCCOCCNc1ccc([N+](=O)[O-])cc1[N+](=O)[O-]. The zero-order valence-electron chi connectivity index (χ0n) is 17.5. The van der Waals surface area contributed by atoms with Gasteiger partial charge in [0, 0.05) is 19.2 Å². The summed E-state index contributed by atoms with van der Waals surface area (Å²) in [7, 11) is 0. The van der Waals surface area contributed by atoms with Gasteiger partial charge in [-0.05, 0) is 12.0 Å². The molecule has 30 heavy (non-hydrogen) atoms. The van der Waals surface area contributed by atoms with Crippen molar-refractivity contribution >= 4 is 17.1 Å². The number of benzene rings is 1. The third-order valence-electron chi connectivity index (χ3n) is 4.17. The molecule has 0 saturated carbocycles. The largest absolute Gasteiger partial charge is 0.379 e. The monoisotopic (exact) mass is 429 g/mol. The first kappa shape index (κ1) is 25.7. The van der Waals surface area contributed by atoms with Crippen LogP contribution < -0.4 is 5.32 Å². The van der Waals surface area contributed by atoms with Crippen LogP contribution in [-0.4, -0.2) is 69.2 Å². The summed E-state index contributed by atoms with van der Waals surface area (Å²) in [6.07, 6.45) is 1.10. The molecule has 0 fully saturated rings. The Labute approximate surface area is 175 Å². The molecule has 1 N–H and O–H groups in total. The number of anilines is 1. The van der Waals surface area contributed by atoms with Gasteiger partial charge in [0.05, 0.1) is 62.2 Å². The molecule has 1 atom stereocenters. The fourth-order valence-electron chi connectivity index (χ4n) is 2.25. The van der Waals surface area contributed by atoms with Crippen molar-refractivity contribution in [1.82, 2.24) is 0 Å². The van der Waals surface area contributed by atoms with Crippen molar-refractivity contribution in [2.45, 2.75) is 20.3 Å². The standard InChI is InChI=1S/C19H31N3O8/c1-3-16(2)15-30-13-12-29-11-10-28-9-8-27-7-6-20-18-5-4-17(21(23)24)14-19(18)22(25)26/h4-5,14,16,20H,3,6-13,15H2,1-2H3. The van der Waals surface area contributed by atoms with E-state index in [1.807, 2.05) is 0 Å². The molecule has 0 bridgehead atoms. The Morgan fingerprint density at radius 1 is 0.900 bits per heavy atom. The van der Waals surface area contributed by atoms with Gasteiger partial charge in [0.2, 0.25) is 0 Å². The minimum Gasteiger partial charge on any atom is -0.379 e. The number of nitrogens with one attached hydrogen (secondary N) is 1. The Morgan fingerprint density at radius 3 is 2.00 bits per heavy atom. The minimum absolute atomic E-state index is 0.204. The average molecular weight is 429 g/mol. The predicted molar refractivity (Wildman–Crippen MR) is 111 cm³/mol. The van der Waals surface area contributed by atoms with Crippen molar-refractivity contribution in [1.29, 1.82) is 0 Å². The zero-order chi connectivity index (χ0) is 22.2. The van der Waals surface area contributed by atoms with Gasteiger partial charge in [-0.25, -0.2) is 0 Å². The van der Waals surface area contributed by atoms with Gasteiger partial charge in [-0.2, -0.15) is 0 Å². The average Bonchev–Trinajstić information content (AvgIpc) is 2.73. The highest BCUT2D eigenvalue weighted by Crippen LogP contribution is 2.28. The van der Waals surface area contributed by atoms with E-state index >= 15 is 0 Å². The summed E-state index contributed by atoms with van der Waals surface area (Å²) in [5, 5.41) is 24.6. The van der Waals surface area contributed by atoms with Crippen molar-refractivity contribution in [2.24, 2.45) is 5.92 Å². The Balaban J connectivity index is 2.03. The Morgan fingerprint density at radius 2 is 1.47 bits per heavy atom. The van der Waals surface area contributed by atoms with Crippen molar-refractivity contribution in [3.8, 4) is 0 Å². The molecule has 1 aromatic carbocycles. The number of hydrogen-bond acceptors (Lipinski definition) is 9. The number of non-ortho nitro benzene ring substituents is 1. The fraction of sp³-hybridized carbons (Fsp3) is 0.684. The van der Waals surface area contributed by atoms with E-state index in [0.29, 0.717) is 58.7 Å². The second-order valence-corrected chi connectivity index (χ2v) is 6.57. The lowest BCUT2D eigenvalue weighted by molar-refractivity contribution is -0.393.